The average Bonchev–Trinajstić information content (AvgIpc) is 2.93. The molecule has 6 heteroatoms. The molecule has 0 aliphatic rings. The lowest BCUT2D eigenvalue weighted by Crippen LogP contribution is -1.99. The van der Waals surface area contributed by atoms with Crippen molar-refractivity contribution in [2.45, 2.75) is 0 Å². The summed E-state index contributed by atoms with van der Waals surface area (Å²) in [5, 5.41) is 0. The Morgan fingerprint density at radius 2 is 0.861 bits per heavy atom. The summed E-state index contributed by atoms with van der Waals surface area (Å²) < 4.78 is 20.7. The van der Waals surface area contributed by atoms with Gasteiger partial charge in [-0.05, 0) is 58.7 Å². The number of carbonyl (C=O) groups is 2. The van der Waals surface area contributed by atoms with Gasteiger partial charge in [0.25, 0.3) is 0 Å². The zero-order valence-electron chi connectivity index (χ0n) is 19.7. The fraction of sp³-hybridized carbons (Fsp3) is 0.0667. The molecule has 0 spiro atoms. The molecule has 0 heterocycles. The minimum atomic E-state index is -0.476. The molecule has 0 saturated carbocycles. The van der Waals surface area contributed by atoms with Crippen LogP contribution in [0.5, 0.6) is 11.5 Å². The summed E-state index contributed by atoms with van der Waals surface area (Å²) in [4.78, 5) is 21.9. The van der Waals surface area contributed by atoms with E-state index in [0.29, 0.717) is 11.5 Å². The first kappa shape index (κ1) is 25.8. The third-order valence-electron chi connectivity index (χ3n) is 4.84. The Hall–Kier alpha value is -4.84. The van der Waals surface area contributed by atoms with Gasteiger partial charge in [-0.1, -0.05) is 61.7 Å². The van der Waals surface area contributed by atoms with E-state index >= 15 is 0 Å². The van der Waals surface area contributed by atoms with Crippen molar-refractivity contribution in [2.24, 2.45) is 0 Å². The van der Waals surface area contributed by atoms with Gasteiger partial charge in [0.1, 0.15) is 24.7 Å². The van der Waals surface area contributed by atoms with Gasteiger partial charge in [0.05, 0.1) is 12.5 Å². The lowest BCUT2D eigenvalue weighted by atomic mass is 10.0. The van der Waals surface area contributed by atoms with Crippen molar-refractivity contribution in [1.29, 1.82) is 0 Å². The summed E-state index contributed by atoms with van der Waals surface area (Å²) >= 11 is 0. The second-order valence-corrected chi connectivity index (χ2v) is 7.27. The van der Waals surface area contributed by atoms with Crippen LogP contribution in [0.4, 0.5) is 0 Å². The molecule has 0 atom stereocenters. The van der Waals surface area contributed by atoms with Gasteiger partial charge in [-0.25, -0.2) is 9.59 Å². The molecule has 0 fully saturated rings. The molecule has 0 N–H and O–H groups in total. The summed E-state index contributed by atoms with van der Waals surface area (Å²) in [6.07, 6.45) is 8.39. The quantitative estimate of drug-likeness (QED) is 0.172. The Morgan fingerprint density at radius 3 is 1.17 bits per heavy atom. The first-order valence-electron chi connectivity index (χ1n) is 11.1. The fourth-order valence-corrected chi connectivity index (χ4v) is 3.02. The maximum absolute atomic E-state index is 11.0. The number of ether oxygens (including phenoxy) is 4. The first-order valence-corrected chi connectivity index (χ1v) is 11.1. The van der Waals surface area contributed by atoms with Crippen LogP contribution in [-0.4, -0.2) is 25.2 Å². The number of carbonyl (C=O) groups excluding carboxylic acids is 2. The summed E-state index contributed by atoms with van der Waals surface area (Å²) in [6, 6.07) is 23.7. The van der Waals surface area contributed by atoms with Gasteiger partial charge in [-0.15, -0.1) is 0 Å². The highest BCUT2D eigenvalue weighted by Gasteiger charge is 2.02. The molecule has 36 heavy (non-hydrogen) atoms. The van der Waals surface area contributed by atoms with E-state index in [2.05, 4.69) is 37.4 Å². The zero-order valence-corrected chi connectivity index (χ0v) is 19.7. The Balaban J connectivity index is 1.51. The van der Waals surface area contributed by atoms with Crippen LogP contribution in [0.2, 0.25) is 0 Å². The number of hydrogen-bond donors (Lipinski definition) is 0. The molecule has 0 amide bonds. The SMILES string of the molecule is C=CC(=O)OC/C=C/Oc1ccc(-c2ccc(-c3ccc(O/C=C/COC(=O)C=C)cc3)cc2)cc1. The lowest BCUT2D eigenvalue weighted by Gasteiger charge is -2.07. The maximum atomic E-state index is 11.0. The lowest BCUT2D eigenvalue weighted by molar-refractivity contribution is -0.137. The van der Waals surface area contributed by atoms with Gasteiger partial charge < -0.3 is 18.9 Å². The van der Waals surface area contributed by atoms with Crippen LogP contribution in [0.3, 0.4) is 0 Å². The van der Waals surface area contributed by atoms with E-state index in [1.807, 2.05) is 48.5 Å². The molecule has 182 valence electrons. The van der Waals surface area contributed by atoms with Crippen molar-refractivity contribution < 1.29 is 28.5 Å². The monoisotopic (exact) mass is 482 g/mol. The maximum Gasteiger partial charge on any atom is 0.330 e. The van der Waals surface area contributed by atoms with Crippen molar-refractivity contribution in [3.8, 4) is 33.8 Å². The third kappa shape index (κ3) is 8.18. The van der Waals surface area contributed by atoms with E-state index < -0.39 is 11.9 Å². The van der Waals surface area contributed by atoms with Crippen LogP contribution in [0, 0.1) is 0 Å². The van der Waals surface area contributed by atoms with Crippen molar-refractivity contribution >= 4 is 11.9 Å². The third-order valence-corrected chi connectivity index (χ3v) is 4.84. The predicted octanol–water partition coefficient (Wildman–Crippen LogP) is 6.26. The van der Waals surface area contributed by atoms with E-state index in [1.165, 1.54) is 12.5 Å². The minimum Gasteiger partial charge on any atom is -0.465 e. The molecule has 0 bridgehead atoms. The van der Waals surface area contributed by atoms with E-state index in [0.717, 1.165) is 34.4 Å². The van der Waals surface area contributed by atoms with Crippen LogP contribution in [-0.2, 0) is 19.1 Å². The van der Waals surface area contributed by atoms with Crippen molar-refractivity contribution in [3.63, 3.8) is 0 Å². The molecule has 6 nitrogen and oxygen atoms in total. The Labute approximate surface area is 210 Å². The molecule has 3 rings (SSSR count). The van der Waals surface area contributed by atoms with Gasteiger partial charge in [0, 0.05) is 12.2 Å². The summed E-state index contributed by atoms with van der Waals surface area (Å²) in [7, 11) is 0. The number of rotatable bonds is 12. The largest absolute Gasteiger partial charge is 0.465 e. The second-order valence-electron chi connectivity index (χ2n) is 7.27. The summed E-state index contributed by atoms with van der Waals surface area (Å²) in [5.41, 5.74) is 4.29. The van der Waals surface area contributed by atoms with Crippen molar-refractivity contribution in [2.75, 3.05) is 13.2 Å². The van der Waals surface area contributed by atoms with Crippen LogP contribution in [0.15, 0.2) is 123 Å². The molecular weight excluding hydrogens is 456 g/mol. The highest BCUT2D eigenvalue weighted by molar-refractivity contribution is 5.81. The van der Waals surface area contributed by atoms with Crippen molar-refractivity contribution in [1.82, 2.24) is 0 Å². The van der Waals surface area contributed by atoms with Gasteiger partial charge in [0.2, 0.25) is 0 Å². The van der Waals surface area contributed by atoms with Crippen LogP contribution in [0.25, 0.3) is 22.3 Å². The molecule has 0 aromatic heterocycles. The Kier molecular flexibility index (Phi) is 9.86. The topological polar surface area (TPSA) is 71.1 Å². The molecule has 0 aliphatic heterocycles. The fourth-order valence-electron chi connectivity index (χ4n) is 3.02. The van der Waals surface area contributed by atoms with E-state index in [1.54, 1.807) is 12.2 Å². The standard InChI is InChI=1S/C30H26O6/c1-3-29(31)35-21-5-19-33-27-15-11-25(12-16-27)23-7-9-24(10-8-23)26-13-17-28(18-14-26)34-20-6-22-36-30(32)4-2/h3-20H,1-2,21-22H2/b19-5+,20-6+. The number of benzene rings is 3. The highest BCUT2D eigenvalue weighted by atomic mass is 16.5. The van der Waals surface area contributed by atoms with Gasteiger partial charge in [0.15, 0.2) is 0 Å². The van der Waals surface area contributed by atoms with E-state index in [4.69, 9.17) is 18.9 Å². The zero-order chi connectivity index (χ0) is 25.6. The van der Waals surface area contributed by atoms with E-state index in [9.17, 15) is 9.59 Å². The van der Waals surface area contributed by atoms with E-state index in [-0.39, 0.29) is 13.2 Å². The molecule has 3 aromatic rings. The normalized spacial score (nSPS) is 10.7. The van der Waals surface area contributed by atoms with Gasteiger partial charge in [-0.3, -0.25) is 0 Å². The molecule has 0 radical (unpaired) electrons. The average molecular weight is 483 g/mol. The second kappa shape index (κ2) is 13.8. The number of hydrogen-bond acceptors (Lipinski definition) is 6. The molecule has 0 unspecified atom stereocenters. The Bertz CT molecular complexity index is 1120. The predicted molar refractivity (Wildman–Crippen MR) is 139 cm³/mol. The Morgan fingerprint density at radius 1 is 0.556 bits per heavy atom. The first-order chi connectivity index (χ1) is 17.6. The summed E-state index contributed by atoms with van der Waals surface area (Å²) in [5.74, 6) is 0.403. The smallest absolute Gasteiger partial charge is 0.330 e. The molecule has 0 saturated heterocycles. The van der Waals surface area contributed by atoms with Gasteiger partial charge in [-0.2, -0.15) is 0 Å². The highest BCUT2D eigenvalue weighted by Crippen LogP contribution is 2.27. The van der Waals surface area contributed by atoms with Crippen molar-refractivity contribution in [3.05, 3.63) is 123 Å². The van der Waals surface area contributed by atoms with Gasteiger partial charge >= 0.3 is 11.9 Å². The summed E-state index contributed by atoms with van der Waals surface area (Å²) in [6.45, 7) is 6.91. The van der Waals surface area contributed by atoms with Crippen LogP contribution < -0.4 is 9.47 Å². The minimum absolute atomic E-state index is 0.122. The molecule has 3 aromatic carbocycles. The van der Waals surface area contributed by atoms with Crippen LogP contribution in [0.1, 0.15) is 0 Å². The molecule has 0 aliphatic carbocycles. The molecular formula is C30H26O6. The van der Waals surface area contributed by atoms with Crippen LogP contribution >= 0.6 is 0 Å². The number of esters is 2.